The van der Waals surface area contributed by atoms with Crippen LogP contribution in [0, 0.1) is 23.0 Å². The van der Waals surface area contributed by atoms with Gasteiger partial charge in [-0.25, -0.2) is 8.78 Å². The molecule has 0 aliphatic heterocycles. The maximum Gasteiger partial charge on any atom is 0.234 e. The van der Waals surface area contributed by atoms with Gasteiger partial charge in [0.2, 0.25) is 5.91 Å². The van der Waals surface area contributed by atoms with E-state index in [-0.39, 0.29) is 11.7 Å². The SMILES string of the molecule is N#CCc1ccc(NC(=O)CSc2ccc(F)c(F)c2)cc1. The number of nitriles is 1. The number of halogens is 2. The summed E-state index contributed by atoms with van der Waals surface area (Å²) in [7, 11) is 0. The van der Waals surface area contributed by atoms with E-state index in [4.69, 9.17) is 5.26 Å². The predicted octanol–water partition coefficient (Wildman–Crippen LogP) is 3.76. The molecule has 0 heterocycles. The molecule has 0 aliphatic rings. The van der Waals surface area contributed by atoms with Crippen LogP contribution < -0.4 is 5.32 Å². The maximum absolute atomic E-state index is 13.0. The quantitative estimate of drug-likeness (QED) is 0.854. The number of carbonyl (C=O) groups is 1. The monoisotopic (exact) mass is 318 g/mol. The van der Waals surface area contributed by atoms with Crippen LogP contribution >= 0.6 is 11.8 Å². The molecule has 0 aliphatic carbocycles. The highest BCUT2D eigenvalue weighted by molar-refractivity contribution is 8.00. The molecule has 112 valence electrons. The lowest BCUT2D eigenvalue weighted by Gasteiger charge is -2.06. The molecule has 0 saturated carbocycles. The van der Waals surface area contributed by atoms with Crippen LogP contribution in [-0.4, -0.2) is 11.7 Å². The molecule has 0 aromatic heterocycles. The zero-order valence-electron chi connectivity index (χ0n) is 11.5. The summed E-state index contributed by atoms with van der Waals surface area (Å²) in [5.74, 6) is -2.00. The van der Waals surface area contributed by atoms with E-state index in [1.807, 2.05) is 6.07 Å². The zero-order chi connectivity index (χ0) is 15.9. The zero-order valence-corrected chi connectivity index (χ0v) is 12.3. The van der Waals surface area contributed by atoms with Crippen LogP contribution in [0.15, 0.2) is 47.4 Å². The van der Waals surface area contributed by atoms with Crippen molar-refractivity contribution in [2.75, 3.05) is 11.1 Å². The van der Waals surface area contributed by atoms with E-state index in [0.717, 1.165) is 29.5 Å². The van der Waals surface area contributed by atoms with Crippen LogP contribution in [0.1, 0.15) is 5.56 Å². The fraction of sp³-hybridized carbons (Fsp3) is 0.125. The molecule has 0 bridgehead atoms. The smallest absolute Gasteiger partial charge is 0.234 e. The lowest BCUT2D eigenvalue weighted by molar-refractivity contribution is -0.113. The van der Waals surface area contributed by atoms with E-state index in [2.05, 4.69) is 5.32 Å². The lowest BCUT2D eigenvalue weighted by atomic mass is 10.1. The van der Waals surface area contributed by atoms with Gasteiger partial charge in [-0.05, 0) is 35.9 Å². The van der Waals surface area contributed by atoms with Gasteiger partial charge in [-0.15, -0.1) is 11.8 Å². The summed E-state index contributed by atoms with van der Waals surface area (Å²) < 4.78 is 25.8. The highest BCUT2D eigenvalue weighted by Crippen LogP contribution is 2.20. The van der Waals surface area contributed by atoms with Gasteiger partial charge in [-0.2, -0.15) is 5.26 Å². The molecule has 2 aromatic rings. The number of hydrogen-bond acceptors (Lipinski definition) is 3. The molecule has 22 heavy (non-hydrogen) atoms. The molecular formula is C16H12F2N2OS. The second kappa shape index (κ2) is 7.57. The Bertz CT molecular complexity index is 711. The topological polar surface area (TPSA) is 52.9 Å². The molecule has 0 fully saturated rings. The van der Waals surface area contributed by atoms with Crippen LogP contribution in [-0.2, 0) is 11.2 Å². The third kappa shape index (κ3) is 4.57. The van der Waals surface area contributed by atoms with Crippen molar-refractivity contribution in [3.05, 3.63) is 59.7 Å². The maximum atomic E-state index is 13.0. The molecule has 0 radical (unpaired) electrons. The van der Waals surface area contributed by atoms with Crippen molar-refractivity contribution in [3.63, 3.8) is 0 Å². The Hall–Kier alpha value is -2.39. The van der Waals surface area contributed by atoms with Gasteiger partial charge in [0, 0.05) is 10.6 Å². The van der Waals surface area contributed by atoms with Crippen LogP contribution in [0.2, 0.25) is 0 Å². The van der Waals surface area contributed by atoms with E-state index in [1.54, 1.807) is 24.3 Å². The first-order chi connectivity index (χ1) is 10.6. The lowest BCUT2D eigenvalue weighted by Crippen LogP contribution is -2.13. The van der Waals surface area contributed by atoms with Crippen LogP contribution in [0.5, 0.6) is 0 Å². The molecule has 6 heteroatoms. The Balaban J connectivity index is 1.87. The first-order valence-electron chi connectivity index (χ1n) is 6.42. The standard InChI is InChI=1S/C16H12F2N2OS/c17-14-6-5-13(9-15(14)18)22-10-16(21)20-12-3-1-11(2-4-12)7-8-19/h1-6,9H,7,10H2,(H,20,21). The molecule has 0 unspecified atom stereocenters. The third-order valence-corrected chi connectivity index (χ3v) is 3.78. The summed E-state index contributed by atoms with van der Waals surface area (Å²) in [5, 5.41) is 11.3. The van der Waals surface area contributed by atoms with Crippen molar-refractivity contribution in [2.24, 2.45) is 0 Å². The van der Waals surface area contributed by atoms with Crippen molar-refractivity contribution in [1.29, 1.82) is 5.26 Å². The largest absolute Gasteiger partial charge is 0.325 e. The first-order valence-corrected chi connectivity index (χ1v) is 7.40. The number of thioether (sulfide) groups is 1. The van der Waals surface area contributed by atoms with Crippen molar-refractivity contribution in [2.45, 2.75) is 11.3 Å². The van der Waals surface area contributed by atoms with Gasteiger partial charge >= 0.3 is 0 Å². The summed E-state index contributed by atoms with van der Waals surface area (Å²) in [6.45, 7) is 0. The molecule has 0 atom stereocenters. The Morgan fingerprint density at radius 3 is 2.50 bits per heavy atom. The van der Waals surface area contributed by atoms with E-state index >= 15 is 0 Å². The van der Waals surface area contributed by atoms with Crippen molar-refractivity contribution < 1.29 is 13.6 Å². The predicted molar refractivity (Wildman–Crippen MR) is 81.5 cm³/mol. The second-order valence-corrected chi connectivity index (χ2v) is 5.49. The summed E-state index contributed by atoms with van der Waals surface area (Å²) >= 11 is 1.12. The number of nitrogens with one attached hydrogen (secondary N) is 1. The molecule has 3 nitrogen and oxygen atoms in total. The minimum Gasteiger partial charge on any atom is -0.325 e. The number of anilines is 1. The molecule has 2 aromatic carbocycles. The number of hydrogen-bond donors (Lipinski definition) is 1. The van der Waals surface area contributed by atoms with E-state index < -0.39 is 11.6 Å². The number of carbonyl (C=O) groups excluding carboxylic acids is 1. The Morgan fingerprint density at radius 2 is 1.86 bits per heavy atom. The van der Waals surface area contributed by atoms with Crippen LogP contribution in [0.4, 0.5) is 14.5 Å². The minimum absolute atomic E-state index is 0.0883. The van der Waals surface area contributed by atoms with Crippen LogP contribution in [0.3, 0.4) is 0 Å². The van der Waals surface area contributed by atoms with Gasteiger partial charge in [-0.1, -0.05) is 12.1 Å². The number of benzene rings is 2. The van der Waals surface area contributed by atoms with Crippen molar-refractivity contribution >= 4 is 23.4 Å². The molecule has 0 spiro atoms. The highest BCUT2D eigenvalue weighted by atomic mass is 32.2. The minimum atomic E-state index is -0.932. The fourth-order valence-corrected chi connectivity index (χ4v) is 2.43. The summed E-state index contributed by atoms with van der Waals surface area (Å²) in [5.41, 5.74) is 1.49. The van der Waals surface area contributed by atoms with Crippen molar-refractivity contribution in [1.82, 2.24) is 0 Å². The molecule has 2 rings (SSSR count). The summed E-state index contributed by atoms with van der Waals surface area (Å²) in [6.07, 6.45) is 0.320. The first kappa shape index (κ1) is 16.0. The Kier molecular flexibility index (Phi) is 5.50. The highest BCUT2D eigenvalue weighted by Gasteiger charge is 2.07. The Morgan fingerprint density at radius 1 is 1.14 bits per heavy atom. The number of amides is 1. The average molecular weight is 318 g/mol. The van der Waals surface area contributed by atoms with Gasteiger partial charge in [0.1, 0.15) is 0 Å². The van der Waals surface area contributed by atoms with Gasteiger partial charge < -0.3 is 5.32 Å². The van der Waals surface area contributed by atoms with Crippen LogP contribution in [0.25, 0.3) is 0 Å². The molecule has 0 saturated heterocycles. The van der Waals surface area contributed by atoms with Gasteiger partial charge in [0.25, 0.3) is 0 Å². The third-order valence-electron chi connectivity index (χ3n) is 2.78. The fourth-order valence-electron chi connectivity index (χ4n) is 1.71. The normalized spacial score (nSPS) is 10.0. The molecule has 1 amide bonds. The molecule has 1 N–H and O–H groups in total. The van der Waals surface area contributed by atoms with E-state index in [0.29, 0.717) is 17.0 Å². The van der Waals surface area contributed by atoms with Crippen molar-refractivity contribution in [3.8, 4) is 6.07 Å². The van der Waals surface area contributed by atoms with E-state index in [1.165, 1.54) is 6.07 Å². The molecular weight excluding hydrogens is 306 g/mol. The van der Waals surface area contributed by atoms with Gasteiger partial charge in [-0.3, -0.25) is 4.79 Å². The summed E-state index contributed by atoms with van der Waals surface area (Å²) in [6, 6.07) is 12.5. The van der Waals surface area contributed by atoms with E-state index in [9.17, 15) is 13.6 Å². The number of nitrogens with zero attached hydrogens (tertiary/aromatic N) is 1. The summed E-state index contributed by atoms with van der Waals surface area (Å²) in [4.78, 5) is 12.3. The number of rotatable bonds is 5. The van der Waals surface area contributed by atoms with Gasteiger partial charge in [0.05, 0.1) is 18.2 Å². The Labute approximate surface area is 131 Å². The van der Waals surface area contributed by atoms with Gasteiger partial charge in [0.15, 0.2) is 11.6 Å². The second-order valence-electron chi connectivity index (χ2n) is 4.44. The average Bonchev–Trinajstić information content (AvgIpc) is 2.51.